The van der Waals surface area contributed by atoms with Gasteiger partial charge in [-0.25, -0.2) is 0 Å². The second-order valence-corrected chi connectivity index (χ2v) is 7.38. The van der Waals surface area contributed by atoms with Crippen LogP contribution in [0.2, 0.25) is 0 Å². The molecule has 0 spiro atoms. The van der Waals surface area contributed by atoms with E-state index in [2.05, 4.69) is 25.8 Å². The molecule has 2 aromatic rings. The number of unbranched alkanes of at least 4 members (excludes halogenated alkanes) is 1. The molecule has 0 atom stereocenters. The number of carbonyl (C=O) groups is 1. The maximum atomic E-state index is 12.1. The number of amides is 1. The number of allylic oxidation sites excluding steroid dienone is 3. The van der Waals surface area contributed by atoms with E-state index in [1.807, 2.05) is 31.2 Å². The van der Waals surface area contributed by atoms with E-state index in [1.54, 1.807) is 13.1 Å². The number of nitrogens with zero attached hydrogens (tertiary/aromatic N) is 3. The van der Waals surface area contributed by atoms with Crippen LogP contribution in [-0.4, -0.2) is 28.1 Å². The summed E-state index contributed by atoms with van der Waals surface area (Å²) in [5.41, 5.74) is 14.0. The van der Waals surface area contributed by atoms with E-state index in [0.29, 0.717) is 11.0 Å². The third-order valence-electron chi connectivity index (χ3n) is 3.87. The summed E-state index contributed by atoms with van der Waals surface area (Å²) in [5, 5.41) is 15.2. The van der Waals surface area contributed by atoms with Crippen molar-refractivity contribution in [3.8, 4) is 0 Å². The lowest BCUT2D eigenvalue weighted by Crippen LogP contribution is -2.15. The molecule has 2 rings (SSSR count). The topological polar surface area (TPSA) is 132 Å². The molecule has 2 heterocycles. The summed E-state index contributed by atoms with van der Waals surface area (Å²) in [6, 6.07) is 5.62. The van der Waals surface area contributed by atoms with E-state index in [0.717, 1.165) is 47.8 Å². The monoisotopic (exact) mass is 401 g/mol. The molecule has 0 aromatic carbocycles. The second-order valence-electron chi connectivity index (χ2n) is 6.32. The first-order valence-corrected chi connectivity index (χ1v) is 9.92. The van der Waals surface area contributed by atoms with Gasteiger partial charge in [0.25, 0.3) is 0 Å². The van der Waals surface area contributed by atoms with Gasteiger partial charge in [0, 0.05) is 30.6 Å². The maximum Gasteiger partial charge on any atom is 0.232 e. The Morgan fingerprint density at radius 2 is 2.04 bits per heavy atom. The minimum absolute atomic E-state index is 0.146. The number of aromatic nitrogens is 3. The van der Waals surface area contributed by atoms with Gasteiger partial charge in [0.1, 0.15) is 5.01 Å². The summed E-state index contributed by atoms with van der Waals surface area (Å²) >= 11 is 1.40. The van der Waals surface area contributed by atoms with Gasteiger partial charge in [0.2, 0.25) is 11.0 Å². The SMILES string of the molecule is CN/C(N)=C/C=C(\N)CCCCc1nnc(NC(=O)Cc2cccc(C)n2)s1. The van der Waals surface area contributed by atoms with Crippen LogP contribution in [0.15, 0.2) is 41.9 Å². The molecule has 0 saturated heterocycles. The number of carbonyl (C=O) groups excluding carboxylic acids is 1. The van der Waals surface area contributed by atoms with E-state index in [9.17, 15) is 4.79 Å². The van der Waals surface area contributed by atoms with Crippen LogP contribution in [0, 0.1) is 6.92 Å². The van der Waals surface area contributed by atoms with Crippen molar-refractivity contribution in [3.63, 3.8) is 0 Å². The van der Waals surface area contributed by atoms with E-state index >= 15 is 0 Å². The van der Waals surface area contributed by atoms with E-state index in [-0.39, 0.29) is 12.3 Å². The zero-order chi connectivity index (χ0) is 20.4. The number of nitrogens with two attached hydrogens (primary N) is 2. The van der Waals surface area contributed by atoms with Crippen LogP contribution < -0.4 is 22.1 Å². The van der Waals surface area contributed by atoms with Gasteiger partial charge in [0.15, 0.2) is 0 Å². The molecule has 28 heavy (non-hydrogen) atoms. The average Bonchev–Trinajstić information content (AvgIpc) is 3.10. The lowest BCUT2D eigenvalue weighted by molar-refractivity contribution is -0.115. The normalized spacial score (nSPS) is 12.1. The fourth-order valence-corrected chi connectivity index (χ4v) is 3.20. The van der Waals surface area contributed by atoms with Gasteiger partial charge < -0.3 is 22.1 Å². The predicted octanol–water partition coefficient (Wildman–Crippen LogP) is 2.00. The molecule has 0 unspecified atom stereocenters. The van der Waals surface area contributed by atoms with Crippen molar-refractivity contribution in [1.29, 1.82) is 0 Å². The van der Waals surface area contributed by atoms with Gasteiger partial charge >= 0.3 is 0 Å². The Morgan fingerprint density at radius 3 is 2.79 bits per heavy atom. The number of nitrogens with one attached hydrogen (secondary N) is 2. The summed E-state index contributed by atoms with van der Waals surface area (Å²) in [7, 11) is 1.76. The standard InChI is InChI=1S/C19H27N7OS/c1-13-6-5-8-15(23-13)12-17(27)24-19-26-25-18(28-19)9-4-3-7-14(20)10-11-16(21)22-2/h5-6,8,10-11,22H,3-4,7,9,12,20-21H2,1-2H3,(H,24,26,27)/b14-10-,16-11+. The summed E-state index contributed by atoms with van der Waals surface area (Å²) in [6.07, 6.45) is 7.25. The van der Waals surface area contributed by atoms with Crippen molar-refractivity contribution < 1.29 is 4.79 Å². The molecule has 1 amide bonds. The molecule has 0 bridgehead atoms. The van der Waals surface area contributed by atoms with Crippen LogP contribution in [-0.2, 0) is 17.6 Å². The fraction of sp³-hybridized carbons (Fsp3) is 0.368. The molecule has 150 valence electrons. The first-order valence-electron chi connectivity index (χ1n) is 9.10. The van der Waals surface area contributed by atoms with Crippen LogP contribution >= 0.6 is 11.3 Å². The first kappa shape index (κ1) is 21.4. The van der Waals surface area contributed by atoms with Gasteiger partial charge in [-0.15, -0.1) is 10.2 Å². The van der Waals surface area contributed by atoms with Gasteiger partial charge in [-0.05, 0) is 50.5 Å². The van der Waals surface area contributed by atoms with Crippen LogP contribution in [0.3, 0.4) is 0 Å². The van der Waals surface area contributed by atoms with Crippen molar-refractivity contribution >= 4 is 22.4 Å². The number of anilines is 1. The quantitative estimate of drug-likeness (QED) is 0.353. The average molecular weight is 402 g/mol. The molecule has 0 aliphatic heterocycles. The zero-order valence-electron chi connectivity index (χ0n) is 16.2. The molecule has 6 N–H and O–H groups in total. The summed E-state index contributed by atoms with van der Waals surface area (Å²) in [6.45, 7) is 1.90. The summed E-state index contributed by atoms with van der Waals surface area (Å²) < 4.78 is 0. The Hall–Kier alpha value is -2.94. The Morgan fingerprint density at radius 1 is 1.21 bits per heavy atom. The largest absolute Gasteiger partial charge is 0.402 e. The molecule has 0 aliphatic rings. The molecule has 8 nitrogen and oxygen atoms in total. The number of aryl methyl sites for hydroxylation is 2. The van der Waals surface area contributed by atoms with Gasteiger partial charge in [-0.1, -0.05) is 17.4 Å². The Kier molecular flexibility index (Phi) is 8.41. The van der Waals surface area contributed by atoms with Crippen LogP contribution in [0.4, 0.5) is 5.13 Å². The highest BCUT2D eigenvalue weighted by molar-refractivity contribution is 7.15. The van der Waals surface area contributed by atoms with Gasteiger partial charge in [0.05, 0.1) is 12.2 Å². The smallest absolute Gasteiger partial charge is 0.232 e. The molecule has 0 radical (unpaired) electrons. The van der Waals surface area contributed by atoms with Crippen molar-refractivity contribution in [2.24, 2.45) is 11.5 Å². The third-order valence-corrected chi connectivity index (χ3v) is 4.77. The van der Waals surface area contributed by atoms with Crippen molar-refractivity contribution in [2.75, 3.05) is 12.4 Å². The van der Waals surface area contributed by atoms with Crippen molar-refractivity contribution in [3.05, 3.63) is 58.3 Å². The number of hydrogen-bond acceptors (Lipinski definition) is 8. The first-order chi connectivity index (χ1) is 13.5. The van der Waals surface area contributed by atoms with Crippen LogP contribution in [0.1, 0.15) is 35.7 Å². The second kappa shape index (κ2) is 11.0. The van der Waals surface area contributed by atoms with E-state index < -0.39 is 0 Å². The number of hydrogen-bond donors (Lipinski definition) is 4. The van der Waals surface area contributed by atoms with E-state index in [4.69, 9.17) is 11.5 Å². The molecular formula is C19H27N7OS. The molecule has 9 heteroatoms. The molecule has 2 aromatic heterocycles. The van der Waals surface area contributed by atoms with Crippen molar-refractivity contribution in [1.82, 2.24) is 20.5 Å². The lowest BCUT2D eigenvalue weighted by atomic mass is 10.1. The minimum Gasteiger partial charge on any atom is -0.402 e. The highest BCUT2D eigenvalue weighted by Gasteiger charge is 2.10. The van der Waals surface area contributed by atoms with Crippen LogP contribution in [0.5, 0.6) is 0 Å². The lowest BCUT2D eigenvalue weighted by Gasteiger charge is -2.02. The number of pyridine rings is 1. The Bertz CT molecular complexity index is 844. The zero-order valence-corrected chi connectivity index (χ0v) is 17.1. The molecule has 0 saturated carbocycles. The number of rotatable bonds is 10. The maximum absolute atomic E-state index is 12.1. The third kappa shape index (κ3) is 7.75. The highest BCUT2D eigenvalue weighted by Crippen LogP contribution is 2.18. The Balaban J connectivity index is 1.72. The van der Waals surface area contributed by atoms with Gasteiger partial charge in [-0.2, -0.15) is 0 Å². The summed E-state index contributed by atoms with van der Waals surface area (Å²) in [5.74, 6) is 0.428. The molecular weight excluding hydrogens is 374 g/mol. The van der Waals surface area contributed by atoms with Crippen molar-refractivity contribution in [2.45, 2.75) is 39.0 Å². The van der Waals surface area contributed by atoms with Crippen LogP contribution in [0.25, 0.3) is 0 Å². The highest BCUT2D eigenvalue weighted by atomic mass is 32.1. The molecule has 0 aliphatic carbocycles. The molecule has 0 fully saturated rings. The summed E-state index contributed by atoms with van der Waals surface area (Å²) in [4.78, 5) is 16.4. The van der Waals surface area contributed by atoms with Gasteiger partial charge in [-0.3, -0.25) is 9.78 Å². The Labute approximate surface area is 169 Å². The predicted molar refractivity (Wildman–Crippen MR) is 112 cm³/mol. The fourth-order valence-electron chi connectivity index (χ4n) is 2.40. The minimum atomic E-state index is -0.146. The van der Waals surface area contributed by atoms with E-state index in [1.165, 1.54) is 11.3 Å².